The lowest BCUT2D eigenvalue weighted by Gasteiger charge is -2.40. The molecular formula is C69H108O12. The minimum atomic E-state index is -1.94. The topological polar surface area (TPSA) is 175 Å². The Hall–Kier alpha value is -5.14. The maximum atomic E-state index is 13.2. The number of aliphatic carboxylic acids is 1. The zero-order valence-electron chi connectivity index (χ0n) is 50.2. The fourth-order valence-corrected chi connectivity index (χ4v) is 8.49. The average Bonchev–Trinajstić information content (AvgIpc) is 3.53. The number of unbranched alkanes of at least 4 members (excludes halogenated alkanes) is 15. The number of carboxylic acid groups (broad SMARTS) is 1. The first kappa shape index (κ1) is 73.9. The van der Waals surface area contributed by atoms with Crippen LogP contribution in [-0.4, -0.2) is 89.2 Å². The van der Waals surface area contributed by atoms with E-state index in [1.54, 1.807) is 0 Å². The van der Waals surface area contributed by atoms with Crippen molar-refractivity contribution in [2.24, 2.45) is 0 Å². The molecule has 0 amide bonds. The van der Waals surface area contributed by atoms with E-state index >= 15 is 0 Å². The van der Waals surface area contributed by atoms with Crippen LogP contribution in [0.5, 0.6) is 0 Å². The maximum absolute atomic E-state index is 13.2. The van der Waals surface area contributed by atoms with Crippen molar-refractivity contribution in [3.63, 3.8) is 0 Å². The predicted molar refractivity (Wildman–Crippen MR) is 330 cm³/mol. The lowest BCUT2D eigenvalue weighted by molar-refractivity contribution is -0.301. The normalized spacial score (nSPS) is 18.7. The molecule has 0 aliphatic carbocycles. The maximum Gasteiger partial charge on any atom is 0.335 e. The fourth-order valence-electron chi connectivity index (χ4n) is 8.49. The Morgan fingerprint density at radius 2 is 0.790 bits per heavy atom. The smallest absolute Gasteiger partial charge is 0.335 e. The summed E-state index contributed by atoms with van der Waals surface area (Å²) in [6.07, 6.45) is 65.7. The molecule has 0 radical (unpaired) electrons. The van der Waals surface area contributed by atoms with E-state index in [0.717, 1.165) is 96.3 Å². The standard InChI is InChI=1S/C69H108O12/c1-4-7-10-13-16-19-22-25-28-31-34-37-40-43-46-49-52-55-61(70)77-58-60(79-62(71)56-53-50-47-44-41-38-35-32-29-26-23-20-17-14-11-8-5-2)59-78-69-67(65(74)64(73)66(81-69)68(75)76)80-63(72)57-54-51-48-45-42-39-36-33-30-27-24-21-18-15-12-9-6-3/h7,9-10,12,16,18-19,21,25-30,34,36-37,39,43,45-46,48,60,64-67,69,73-74H,4-6,8,11,13-15,17,20,22-24,31-33,35,38,40-42,44,47,49-59H2,1-3H3,(H,75,76)/b10-7-,12-9-,19-16-,21-18-,28-25-,29-26-,30-27-,37-34-,39-36-,46-43-,48-45-. The van der Waals surface area contributed by atoms with Crippen LogP contribution in [0.4, 0.5) is 0 Å². The molecule has 0 aromatic heterocycles. The first-order valence-corrected chi connectivity index (χ1v) is 31.2. The van der Waals surface area contributed by atoms with Crippen LogP contribution >= 0.6 is 0 Å². The summed E-state index contributed by atoms with van der Waals surface area (Å²) in [5.41, 5.74) is 0. The molecule has 1 aliphatic rings. The van der Waals surface area contributed by atoms with Crippen molar-refractivity contribution in [1.82, 2.24) is 0 Å². The van der Waals surface area contributed by atoms with Crippen LogP contribution in [0.2, 0.25) is 0 Å². The van der Waals surface area contributed by atoms with Gasteiger partial charge in [-0.3, -0.25) is 14.4 Å². The van der Waals surface area contributed by atoms with Crippen molar-refractivity contribution in [2.75, 3.05) is 13.2 Å². The molecule has 6 unspecified atom stereocenters. The number of carbonyl (C=O) groups excluding carboxylic acids is 3. The van der Waals surface area contributed by atoms with Gasteiger partial charge in [0.2, 0.25) is 0 Å². The molecule has 1 heterocycles. The number of carbonyl (C=O) groups is 4. The molecule has 12 heteroatoms. The van der Waals surface area contributed by atoms with E-state index in [4.69, 9.17) is 23.7 Å². The highest BCUT2D eigenvalue weighted by Crippen LogP contribution is 2.26. The van der Waals surface area contributed by atoms with E-state index in [0.29, 0.717) is 32.1 Å². The molecule has 6 atom stereocenters. The van der Waals surface area contributed by atoms with Gasteiger partial charge in [0.05, 0.1) is 6.61 Å². The number of allylic oxidation sites excluding steroid dienone is 22. The van der Waals surface area contributed by atoms with Crippen LogP contribution < -0.4 is 0 Å². The van der Waals surface area contributed by atoms with Gasteiger partial charge in [0, 0.05) is 19.3 Å². The Balaban J connectivity index is 2.76. The molecule has 12 nitrogen and oxygen atoms in total. The van der Waals surface area contributed by atoms with Crippen molar-refractivity contribution in [3.8, 4) is 0 Å². The number of rotatable bonds is 51. The van der Waals surface area contributed by atoms with Crippen LogP contribution in [0.25, 0.3) is 0 Å². The quantitative estimate of drug-likeness (QED) is 0.0228. The molecule has 456 valence electrons. The van der Waals surface area contributed by atoms with Gasteiger partial charge in [-0.05, 0) is 122 Å². The number of carboxylic acids is 1. The Morgan fingerprint density at radius 3 is 1.23 bits per heavy atom. The summed E-state index contributed by atoms with van der Waals surface area (Å²) in [6.45, 7) is 5.68. The van der Waals surface area contributed by atoms with Crippen molar-refractivity contribution >= 4 is 23.9 Å². The third-order valence-electron chi connectivity index (χ3n) is 13.2. The van der Waals surface area contributed by atoms with Crippen LogP contribution in [0.15, 0.2) is 134 Å². The molecule has 1 aliphatic heterocycles. The molecule has 3 N–H and O–H groups in total. The van der Waals surface area contributed by atoms with Gasteiger partial charge in [-0.2, -0.15) is 0 Å². The summed E-state index contributed by atoms with van der Waals surface area (Å²) in [4.78, 5) is 51.2. The van der Waals surface area contributed by atoms with Crippen LogP contribution in [0.3, 0.4) is 0 Å². The minimum absolute atomic E-state index is 0.0308. The van der Waals surface area contributed by atoms with Gasteiger partial charge in [0.25, 0.3) is 0 Å². The number of hydrogen-bond donors (Lipinski definition) is 3. The molecule has 1 rings (SSSR count). The second kappa shape index (κ2) is 55.4. The molecule has 0 aromatic carbocycles. The van der Waals surface area contributed by atoms with Gasteiger partial charge in [0.15, 0.2) is 24.6 Å². The van der Waals surface area contributed by atoms with Crippen molar-refractivity contribution in [2.45, 2.75) is 263 Å². The highest BCUT2D eigenvalue weighted by molar-refractivity contribution is 5.74. The minimum Gasteiger partial charge on any atom is -0.479 e. The third kappa shape index (κ3) is 45.1. The number of aliphatic hydroxyl groups excluding tert-OH is 2. The van der Waals surface area contributed by atoms with Crippen molar-refractivity contribution in [3.05, 3.63) is 134 Å². The summed E-state index contributed by atoms with van der Waals surface area (Å²) in [6, 6.07) is 0. The van der Waals surface area contributed by atoms with E-state index in [2.05, 4.69) is 136 Å². The fraction of sp³-hybridized carbons (Fsp3) is 0.623. The second-order valence-electron chi connectivity index (χ2n) is 20.6. The first-order valence-electron chi connectivity index (χ1n) is 31.2. The average molecular weight is 1130 g/mol. The monoisotopic (exact) mass is 1130 g/mol. The highest BCUT2D eigenvalue weighted by atomic mass is 16.7. The van der Waals surface area contributed by atoms with E-state index in [-0.39, 0.29) is 25.9 Å². The largest absolute Gasteiger partial charge is 0.479 e. The molecule has 0 bridgehead atoms. The summed E-state index contributed by atoms with van der Waals surface area (Å²) < 4.78 is 28.4. The Kier molecular flexibility index (Phi) is 50.5. The first-order chi connectivity index (χ1) is 39.6. The number of esters is 3. The summed E-state index contributed by atoms with van der Waals surface area (Å²) >= 11 is 0. The zero-order valence-corrected chi connectivity index (χ0v) is 50.2. The van der Waals surface area contributed by atoms with Crippen LogP contribution in [0, 0.1) is 0 Å². The third-order valence-corrected chi connectivity index (χ3v) is 13.2. The SMILES string of the molecule is CC/C=C\C/C=C\C/C=C\C/C=C\C/C=C\CCCC(=O)OCC(COC1OC(C(=O)O)C(O)C(O)C1OC(=O)CCC/C=C\C/C=C\C/C=C\C/C=C\C/C=C\CC)OC(=O)CCCCCCCCC/C=C\CCCCCCCC. The van der Waals surface area contributed by atoms with Gasteiger partial charge in [-0.1, -0.05) is 219 Å². The Bertz CT molecular complexity index is 1920. The van der Waals surface area contributed by atoms with Crippen molar-refractivity contribution in [1.29, 1.82) is 0 Å². The highest BCUT2D eigenvalue weighted by Gasteiger charge is 2.50. The molecule has 0 spiro atoms. The Morgan fingerprint density at radius 1 is 0.420 bits per heavy atom. The second-order valence-corrected chi connectivity index (χ2v) is 20.6. The van der Waals surface area contributed by atoms with E-state index in [1.807, 2.05) is 18.2 Å². The zero-order chi connectivity index (χ0) is 58.9. The van der Waals surface area contributed by atoms with Gasteiger partial charge in [-0.15, -0.1) is 0 Å². The number of hydrogen-bond acceptors (Lipinski definition) is 11. The van der Waals surface area contributed by atoms with Gasteiger partial charge < -0.3 is 39.0 Å². The van der Waals surface area contributed by atoms with Crippen LogP contribution in [-0.2, 0) is 42.9 Å². The van der Waals surface area contributed by atoms with E-state index in [1.165, 1.54) is 57.8 Å². The Labute approximate surface area is 490 Å². The predicted octanol–water partition coefficient (Wildman–Crippen LogP) is 16.6. The van der Waals surface area contributed by atoms with Crippen molar-refractivity contribution < 1.29 is 58.2 Å². The molecule has 1 saturated heterocycles. The van der Waals surface area contributed by atoms with E-state index < -0.39 is 67.3 Å². The van der Waals surface area contributed by atoms with Crippen LogP contribution in [0.1, 0.15) is 226 Å². The molecular weight excluding hydrogens is 1020 g/mol. The lowest BCUT2D eigenvalue weighted by atomic mass is 9.98. The lowest BCUT2D eigenvalue weighted by Crippen LogP contribution is -2.61. The number of ether oxygens (including phenoxy) is 5. The van der Waals surface area contributed by atoms with Gasteiger partial charge >= 0.3 is 23.9 Å². The van der Waals surface area contributed by atoms with Gasteiger partial charge in [-0.25, -0.2) is 4.79 Å². The molecule has 0 aromatic rings. The summed E-state index contributed by atoms with van der Waals surface area (Å²) in [5, 5.41) is 31.5. The molecule has 81 heavy (non-hydrogen) atoms. The van der Waals surface area contributed by atoms with Gasteiger partial charge in [0.1, 0.15) is 18.8 Å². The number of aliphatic hydroxyl groups is 2. The molecule has 0 saturated carbocycles. The van der Waals surface area contributed by atoms with E-state index in [9.17, 15) is 34.5 Å². The summed E-state index contributed by atoms with van der Waals surface area (Å²) in [5.74, 6) is -3.30. The summed E-state index contributed by atoms with van der Waals surface area (Å²) in [7, 11) is 0. The molecule has 1 fully saturated rings.